The topological polar surface area (TPSA) is 84.0 Å². The van der Waals surface area contributed by atoms with Gasteiger partial charge in [-0.1, -0.05) is 42.1 Å². The highest BCUT2D eigenvalue weighted by Gasteiger charge is 2.20. The quantitative estimate of drug-likeness (QED) is 0.498. The maximum Gasteiger partial charge on any atom is 0.321 e. The molecule has 2 heterocycles. The lowest BCUT2D eigenvalue weighted by Crippen LogP contribution is -2.45. The number of carbonyl (C=O) groups is 2. The molecule has 0 saturated heterocycles. The molecule has 3 rings (SSSR count). The number of fused-ring (bicyclic) bond motifs is 1. The predicted molar refractivity (Wildman–Crippen MR) is 110 cm³/mol. The van der Waals surface area contributed by atoms with E-state index < -0.39 is 11.3 Å². The minimum Gasteiger partial charge on any atom is -0.336 e. The van der Waals surface area contributed by atoms with Crippen molar-refractivity contribution >= 4 is 45.3 Å². The van der Waals surface area contributed by atoms with E-state index in [0.717, 1.165) is 25.7 Å². The lowest BCUT2D eigenvalue weighted by molar-refractivity contribution is -0.119. The molecule has 0 radical (unpaired) electrons. The number of urea groups is 1. The maximum absolute atomic E-state index is 12.3. The summed E-state index contributed by atoms with van der Waals surface area (Å²) >= 11 is 2.90. The van der Waals surface area contributed by atoms with Gasteiger partial charge in [0.05, 0.1) is 5.25 Å². The minimum absolute atomic E-state index is 0.0375. The minimum atomic E-state index is -0.489. The summed E-state index contributed by atoms with van der Waals surface area (Å²) in [5, 5.41) is 6.17. The van der Waals surface area contributed by atoms with Gasteiger partial charge in [0.25, 0.3) is 0 Å². The molecule has 1 atom stereocenters. The molecule has 0 aliphatic carbocycles. The first-order valence-corrected chi connectivity index (χ1v) is 10.2. The second-order valence-electron chi connectivity index (χ2n) is 6.25. The number of hydrogen-bond acceptors (Lipinski definition) is 6. The SMILES string of the molecule is CC(C)NC(=O)NC(=O)[C@H](C)Sc1ncnc2sc(-c3ccccc3)cc12. The number of imide groups is 1. The van der Waals surface area contributed by atoms with Gasteiger partial charge in [0.1, 0.15) is 16.2 Å². The Labute approximate surface area is 165 Å². The van der Waals surface area contributed by atoms with Gasteiger partial charge in [-0.2, -0.15) is 0 Å². The number of rotatable bonds is 5. The van der Waals surface area contributed by atoms with Crippen LogP contribution in [0.1, 0.15) is 20.8 Å². The normalized spacial score (nSPS) is 12.1. The van der Waals surface area contributed by atoms with Gasteiger partial charge in [0, 0.05) is 16.3 Å². The van der Waals surface area contributed by atoms with Gasteiger partial charge in [-0.3, -0.25) is 10.1 Å². The van der Waals surface area contributed by atoms with Crippen LogP contribution >= 0.6 is 23.1 Å². The zero-order valence-electron chi connectivity index (χ0n) is 15.2. The van der Waals surface area contributed by atoms with Gasteiger partial charge in [0.2, 0.25) is 5.91 Å². The van der Waals surface area contributed by atoms with Crippen molar-refractivity contribution in [3.63, 3.8) is 0 Å². The predicted octanol–water partition coefficient (Wildman–Crippen LogP) is 4.07. The molecule has 3 aromatic rings. The zero-order chi connectivity index (χ0) is 19.4. The summed E-state index contributed by atoms with van der Waals surface area (Å²) < 4.78 is 0. The molecule has 1 aromatic carbocycles. The second-order valence-corrected chi connectivity index (χ2v) is 8.61. The first-order chi connectivity index (χ1) is 12.9. The summed E-state index contributed by atoms with van der Waals surface area (Å²) in [6, 6.07) is 11.6. The van der Waals surface area contributed by atoms with Crippen LogP contribution in [0.3, 0.4) is 0 Å². The number of carbonyl (C=O) groups excluding carboxylic acids is 2. The molecular formula is C19H20N4O2S2. The van der Waals surface area contributed by atoms with Crippen LogP contribution in [0, 0.1) is 0 Å². The van der Waals surface area contributed by atoms with Gasteiger partial charge in [-0.15, -0.1) is 11.3 Å². The molecule has 0 bridgehead atoms. The molecule has 0 aliphatic heterocycles. The van der Waals surface area contributed by atoms with Gasteiger partial charge >= 0.3 is 6.03 Å². The monoisotopic (exact) mass is 400 g/mol. The fraction of sp³-hybridized carbons (Fsp3) is 0.263. The van der Waals surface area contributed by atoms with Crippen molar-refractivity contribution in [3.8, 4) is 10.4 Å². The molecule has 0 fully saturated rings. The zero-order valence-corrected chi connectivity index (χ0v) is 16.9. The van der Waals surface area contributed by atoms with Crippen LogP contribution in [0.4, 0.5) is 4.79 Å². The molecule has 2 aromatic heterocycles. The highest BCUT2D eigenvalue weighted by molar-refractivity contribution is 8.00. The van der Waals surface area contributed by atoms with Crippen LogP contribution < -0.4 is 10.6 Å². The van der Waals surface area contributed by atoms with Crippen LogP contribution in [0.25, 0.3) is 20.7 Å². The molecule has 0 saturated carbocycles. The van der Waals surface area contributed by atoms with E-state index in [4.69, 9.17) is 0 Å². The van der Waals surface area contributed by atoms with E-state index in [1.807, 2.05) is 50.2 Å². The van der Waals surface area contributed by atoms with Gasteiger partial charge in [-0.25, -0.2) is 14.8 Å². The first-order valence-electron chi connectivity index (χ1n) is 8.52. The molecular weight excluding hydrogens is 380 g/mol. The number of benzene rings is 1. The number of nitrogens with one attached hydrogen (secondary N) is 2. The van der Waals surface area contributed by atoms with E-state index in [1.165, 1.54) is 18.1 Å². The van der Waals surface area contributed by atoms with Crippen LogP contribution in [0.5, 0.6) is 0 Å². The van der Waals surface area contributed by atoms with E-state index in [0.29, 0.717) is 0 Å². The summed E-state index contributed by atoms with van der Waals surface area (Å²) in [6.07, 6.45) is 1.51. The van der Waals surface area contributed by atoms with Crippen molar-refractivity contribution in [2.45, 2.75) is 37.1 Å². The van der Waals surface area contributed by atoms with Gasteiger partial charge in [0.15, 0.2) is 0 Å². The lowest BCUT2D eigenvalue weighted by Gasteiger charge is -2.13. The molecule has 0 aliphatic rings. The summed E-state index contributed by atoms with van der Waals surface area (Å²) in [5.41, 5.74) is 1.12. The van der Waals surface area contributed by atoms with E-state index in [9.17, 15) is 9.59 Å². The Morgan fingerprint density at radius 1 is 1.11 bits per heavy atom. The van der Waals surface area contributed by atoms with Crippen molar-refractivity contribution in [3.05, 3.63) is 42.7 Å². The Hall–Kier alpha value is -2.45. The molecule has 6 nitrogen and oxygen atoms in total. The Morgan fingerprint density at radius 3 is 2.56 bits per heavy atom. The van der Waals surface area contributed by atoms with Crippen molar-refractivity contribution < 1.29 is 9.59 Å². The standard InChI is InChI=1S/C19H20N4O2S2/c1-11(2)22-19(25)23-16(24)12(3)26-17-14-9-15(13-7-5-4-6-8-13)27-18(14)21-10-20-17/h4-12H,1-3H3,(H2,22,23,24,25)/t12-/m0/s1. The first kappa shape index (κ1) is 19.3. The molecule has 0 unspecified atom stereocenters. The van der Waals surface area contributed by atoms with E-state index >= 15 is 0 Å². The second kappa shape index (κ2) is 8.49. The third-order valence-electron chi connectivity index (χ3n) is 3.67. The maximum atomic E-state index is 12.3. The number of nitrogens with zero attached hydrogens (tertiary/aromatic N) is 2. The number of aromatic nitrogens is 2. The number of thioether (sulfide) groups is 1. The Bertz CT molecular complexity index is 957. The number of thiophene rings is 1. The fourth-order valence-corrected chi connectivity index (χ4v) is 4.37. The van der Waals surface area contributed by atoms with Crippen LogP contribution in [-0.4, -0.2) is 33.2 Å². The Balaban J connectivity index is 1.77. The Morgan fingerprint density at radius 2 is 1.85 bits per heavy atom. The van der Waals surface area contributed by atoms with Crippen LogP contribution in [-0.2, 0) is 4.79 Å². The van der Waals surface area contributed by atoms with Gasteiger partial charge in [-0.05, 0) is 32.4 Å². The van der Waals surface area contributed by atoms with Crippen molar-refractivity contribution in [2.24, 2.45) is 0 Å². The van der Waals surface area contributed by atoms with Crippen molar-refractivity contribution in [1.82, 2.24) is 20.6 Å². The smallest absolute Gasteiger partial charge is 0.321 e. The molecule has 2 N–H and O–H groups in total. The third kappa shape index (κ3) is 4.84. The Kier molecular flexibility index (Phi) is 6.08. The third-order valence-corrected chi connectivity index (χ3v) is 5.87. The highest BCUT2D eigenvalue weighted by Crippen LogP contribution is 2.37. The summed E-state index contributed by atoms with van der Waals surface area (Å²) in [6.45, 7) is 5.42. The molecule has 8 heteroatoms. The van der Waals surface area contributed by atoms with Gasteiger partial charge < -0.3 is 5.32 Å². The fourth-order valence-electron chi connectivity index (χ4n) is 2.41. The largest absolute Gasteiger partial charge is 0.336 e. The van der Waals surface area contributed by atoms with Crippen molar-refractivity contribution in [2.75, 3.05) is 0 Å². The van der Waals surface area contributed by atoms with Crippen LogP contribution in [0.2, 0.25) is 0 Å². The molecule has 0 spiro atoms. The molecule has 140 valence electrons. The average Bonchev–Trinajstić information content (AvgIpc) is 3.07. The average molecular weight is 401 g/mol. The van der Waals surface area contributed by atoms with Crippen molar-refractivity contribution in [1.29, 1.82) is 0 Å². The summed E-state index contributed by atoms with van der Waals surface area (Å²) in [5.74, 6) is -0.358. The van der Waals surface area contributed by atoms with E-state index in [1.54, 1.807) is 18.3 Å². The number of hydrogen-bond donors (Lipinski definition) is 2. The molecule has 27 heavy (non-hydrogen) atoms. The molecule has 3 amide bonds. The summed E-state index contributed by atoms with van der Waals surface area (Å²) in [7, 11) is 0. The van der Waals surface area contributed by atoms with Crippen LogP contribution in [0.15, 0.2) is 47.8 Å². The van der Waals surface area contributed by atoms with E-state index in [-0.39, 0.29) is 11.9 Å². The lowest BCUT2D eigenvalue weighted by atomic mass is 10.2. The summed E-state index contributed by atoms with van der Waals surface area (Å²) in [4.78, 5) is 34.6. The number of amides is 3. The highest BCUT2D eigenvalue weighted by atomic mass is 32.2. The van der Waals surface area contributed by atoms with E-state index in [2.05, 4.69) is 20.6 Å².